The number of benzene rings is 2. The maximum Gasteiger partial charge on any atom is 0.244 e. The van der Waals surface area contributed by atoms with E-state index in [9.17, 15) is 13.2 Å². The molecule has 2 N–H and O–H groups in total. The van der Waals surface area contributed by atoms with E-state index in [4.69, 9.17) is 4.74 Å². The summed E-state index contributed by atoms with van der Waals surface area (Å²) in [7, 11) is -2.49. The van der Waals surface area contributed by atoms with Crippen LogP contribution in [0.5, 0.6) is 5.75 Å². The summed E-state index contributed by atoms with van der Waals surface area (Å²) in [5, 5.41) is 2.87. The third-order valence-electron chi connectivity index (χ3n) is 4.43. The largest absolute Gasteiger partial charge is 0.495 e. The molecule has 2 aromatic carbocycles. The molecule has 2 aromatic rings. The van der Waals surface area contributed by atoms with Crippen LogP contribution in [0.1, 0.15) is 31.4 Å². The molecule has 0 radical (unpaired) electrons. The van der Waals surface area contributed by atoms with Crippen molar-refractivity contribution in [2.75, 3.05) is 7.11 Å². The highest BCUT2D eigenvalue weighted by atomic mass is 32.2. The number of carbonyl (C=O) groups is 1. The summed E-state index contributed by atoms with van der Waals surface area (Å²) < 4.78 is 33.0. The topological polar surface area (TPSA) is 84.5 Å². The van der Waals surface area contributed by atoms with Crippen molar-refractivity contribution in [1.29, 1.82) is 0 Å². The number of aryl methyl sites for hydroxylation is 2. The molecule has 2 rings (SSSR count). The lowest BCUT2D eigenvalue weighted by Crippen LogP contribution is -2.47. The highest BCUT2D eigenvalue weighted by Gasteiger charge is 2.25. The molecule has 6 nitrogen and oxygen atoms in total. The number of amides is 1. The number of hydrogen-bond acceptors (Lipinski definition) is 4. The third kappa shape index (κ3) is 6.07. The van der Waals surface area contributed by atoms with Gasteiger partial charge >= 0.3 is 0 Å². The van der Waals surface area contributed by atoms with Crippen LogP contribution in [-0.4, -0.2) is 33.5 Å². The van der Waals surface area contributed by atoms with Crippen LogP contribution < -0.4 is 14.8 Å². The Morgan fingerprint density at radius 1 is 1.11 bits per heavy atom. The number of hydrogen-bond donors (Lipinski definition) is 2. The van der Waals surface area contributed by atoms with E-state index in [1.165, 1.54) is 25.7 Å². The Bertz CT molecular complexity index is 898. The highest BCUT2D eigenvalue weighted by Crippen LogP contribution is 2.24. The second-order valence-corrected chi connectivity index (χ2v) is 8.61. The first-order valence-electron chi connectivity index (χ1n) is 9.24. The molecule has 0 aliphatic rings. The average molecular weight is 405 g/mol. The average Bonchev–Trinajstić information content (AvgIpc) is 2.66. The lowest BCUT2D eigenvalue weighted by Gasteiger charge is -2.19. The Morgan fingerprint density at radius 3 is 2.43 bits per heavy atom. The van der Waals surface area contributed by atoms with Gasteiger partial charge in [-0.05, 0) is 56.9 Å². The molecule has 0 aromatic heterocycles. The molecule has 0 heterocycles. The van der Waals surface area contributed by atoms with E-state index in [0.29, 0.717) is 0 Å². The summed E-state index contributed by atoms with van der Waals surface area (Å²) in [6, 6.07) is 13.9. The van der Waals surface area contributed by atoms with E-state index in [1.54, 1.807) is 19.1 Å². The van der Waals surface area contributed by atoms with Crippen molar-refractivity contribution in [1.82, 2.24) is 10.0 Å². The zero-order valence-electron chi connectivity index (χ0n) is 16.7. The fourth-order valence-corrected chi connectivity index (χ4v) is 4.27. The van der Waals surface area contributed by atoms with Crippen LogP contribution in [0, 0.1) is 6.92 Å². The predicted octanol–water partition coefficient (Wildman–Crippen LogP) is 2.81. The number of carbonyl (C=O) groups excluding carboxylic acids is 1. The quantitative estimate of drug-likeness (QED) is 0.673. The Morgan fingerprint density at radius 2 is 1.79 bits per heavy atom. The normalized spacial score (nSPS) is 13.6. The summed E-state index contributed by atoms with van der Waals surface area (Å²) in [6.07, 6.45) is 1.60. The summed E-state index contributed by atoms with van der Waals surface area (Å²) in [4.78, 5) is 12.4. The molecular weight excluding hydrogens is 376 g/mol. The first kappa shape index (κ1) is 21.9. The zero-order valence-corrected chi connectivity index (χ0v) is 17.5. The first-order chi connectivity index (χ1) is 13.2. The van der Waals surface area contributed by atoms with Crippen molar-refractivity contribution in [2.45, 2.75) is 50.6 Å². The zero-order chi connectivity index (χ0) is 20.7. The van der Waals surface area contributed by atoms with Gasteiger partial charge in [-0.3, -0.25) is 4.79 Å². The second-order valence-electron chi connectivity index (χ2n) is 6.93. The van der Waals surface area contributed by atoms with Gasteiger partial charge in [-0.25, -0.2) is 8.42 Å². The van der Waals surface area contributed by atoms with Gasteiger partial charge in [-0.1, -0.05) is 36.4 Å². The fraction of sp³-hybridized carbons (Fsp3) is 0.381. The summed E-state index contributed by atoms with van der Waals surface area (Å²) >= 11 is 0. The maximum atomic E-state index is 12.7. The standard InChI is InChI=1S/C21H28N2O4S/c1-15-10-13-19(27-4)20(14-15)28(25,26)23-17(3)21(24)22-16(2)11-12-18-8-6-5-7-9-18/h5-10,13-14,16-17,23H,11-12H2,1-4H3,(H,22,24)/t16-,17-/m1/s1. The van der Waals surface area contributed by atoms with E-state index in [1.807, 2.05) is 37.3 Å². The first-order valence-corrected chi connectivity index (χ1v) is 10.7. The smallest absolute Gasteiger partial charge is 0.244 e. The number of ether oxygens (including phenoxy) is 1. The van der Waals surface area contributed by atoms with Crippen molar-refractivity contribution in [3.05, 3.63) is 59.7 Å². The van der Waals surface area contributed by atoms with Gasteiger partial charge in [0.05, 0.1) is 13.2 Å². The van der Waals surface area contributed by atoms with Crippen molar-refractivity contribution < 1.29 is 17.9 Å². The second kappa shape index (κ2) is 9.71. The highest BCUT2D eigenvalue weighted by molar-refractivity contribution is 7.89. The van der Waals surface area contributed by atoms with Crippen molar-refractivity contribution in [3.63, 3.8) is 0 Å². The molecule has 0 spiro atoms. The number of sulfonamides is 1. The lowest BCUT2D eigenvalue weighted by molar-refractivity contribution is -0.123. The monoisotopic (exact) mass is 404 g/mol. The van der Waals surface area contributed by atoms with Crippen LogP contribution in [-0.2, 0) is 21.2 Å². The summed E-state index contributed by atoms with van der Waals surface area (Å²) in [5.74, 6) is -0.127. The van der Waals surface area contributed by atoms with Gasteiger partial charge in [-0.2, -0.15) is 4.72 Å². The Kier molecular flexibility index (Phi) is 7.60. The Labute approximate surface area is 167 Å². The molecule has 152 valence electrons. The molecule has 0 saturated carbocycles. The Balaban J connectivity index is 1.96. The van der Waals surface area contributed by atoms with Gasteiger partial charge in [0.1, 0.15) is 10.6 Å². The lowest BCUT2D eigenvalue weighted by atomic mass is 10.1. The van der Waals surface area contributed by atoms with Crippen LogP contribution in [0.25, 0.3) is 0 Å². The van der Waals surface area contributed by atoms with Crippen LogP contribution in [0.3, 0.4) is 0 Å². The molecule has 0 unspecified atom stereocenters. The third-order valence-corrected chi connectivity index (χ3v) is 5.99. The van der Waals surface area contributed by atoms with Gasteiger partial charge in [-0.15, -0.1) is 0 Å². The van der Waals surface area contributed by atoms with E-state index in [2.05, 4.69) is 10.0 Å². The maximum absolute atomic E-state index is 12.7. The molecule has 0 fully saturated rings. The molecule has 2 atom stereocenters. The SMILES string of the molecule is COc1ccc(C)cc1S(=O)(=O)N[C@H](C)C(=O)N[C@H](C)CCc1ccccc1. The number of nitrogens with one attached hydrogen (secondary N) is 2. The minimum absolute atomic E-state index is 0.0202. The van der Waals surface area contributed by atoms with Crippen LogP contribution in [0.15, 0.2) is 53.4 Å². The summed E-state index contributed by atoms with van der Waals surface area (Å²) in [5.41, 5.74) is 1.98. The van der Waals surface area contributed by atoms with E-state index in [0.717, 1.165) is 18.4 Å². The van der Waals surface area contributed by atoms with E-state index < -0.39 is 16.1 Å². The van der Waals surface area contributed by atoms with Gasteiger partial charge in [0.25, 0.3) is 0 Å². The molecular formula is C21H28N2O4S. The number of rotatable bonds is 9. The fourth-order valence-electron chi connectivity index (χ4n) is 2.81. The van der Waals surface area contributed by atoms with Crippen molar-refractivity contribution in [2.24, 2.45) is 0 Å². The predicted molar refractivity (Wildman–Crippen MR) is 110 cm³/mol. The molecule has 0 bridgehead atoms. The molecule has 28 heavy (non-hydrogen) atoms. The minimum atomic E-state index is -3.90. The van der Waals surface area contributed by atoms with Crippen LogP contribution in [0.2, 0.25) is 0 Å². The molecule has 0 saturated heterocycles. The number of methoxy groups -OCH3 is 1. The van der Waals surface area contributed by atoms with E-state index >= 15 is 0 Å². The van der Waals surface area contributed by atoms with Gasteiger partial charge < -0.3 is 10.1 Å². The minimum Gasteiger partial charge on any atom is -0.495 e. The summed E-state index contributed by atoms with van der Waals surface area (Å²) in [6.45, 7) is 5.23. The molecule has 1 amide bonds. The van der Waals surface area contributed by atoms with Crippen molar-refractivity contribution >= 4 is 15.9 Å². The van der Waals surface area contributed by atoms with E-state index in [-0.39, 0.29) is 22.6 Å². The molecule has 0 aliphatic carbocycles. The molecule has 7 heteroatoms. The van der Waals surface area contributed by atoms with Crippen molar-refractivity contribution in [3.8, 4) is 5.75 Å². The van der Waals surface area contributed by atoms with Gasteiger partial charge in [0.15, 0.2) is 0 Å². The Hall–Kier alpha value is -2.38. The van der Waals surface area contributed by atoms with Gasteiger partial charge in [0.2, 0.25) is 15.9 Å². The molecule has 0 aliphatic heterocycles. The van der Waals surface area contributed by atoms with Crippen LogP contribution in [0.4, 0.5) is 0 Å². The van der Waals surface area contributed by atoms with Crippen LogP contribution >= 0.6 is 0 Å². The van der Waals surface area contributed by atoms with Gasteiger partial charge in [0, 0.05) is 6.04 Å².